The predicted molar refractivity (Wildman–Crippen MR) is 99.9 cm³/mol. The van der Waals surface area contributed by atoms with Gasteiger partial charge >= 0.3 is 5.69 Å². The molecular formula is C17H18ClN3O3S. The van der Waals surface area contributed by atoms with Crippen molar-refractivity contribution >= 4 is 38.3 Å². The molecule has 2 aromatic carbocycles. The Morgan fingerprint density at radius 2 is 1.60 bits per heavy atom. The number of aryl methyl sites for hydroxylation is 4. The minimum absolute atomic E-state index is 0.109. The normalized spacial score (nSPS) is 11.9. The number of nitrogens with zero attached hydrogens (tertiary/aromatic N) is 2. The van der Waals surface area contributed by atoms with E-state index in [4.69, 9.17) is 11.6 Å². The fraction of sp³-hybridized carbons (Fsp3) is 0.235. The molecule has 0 aliphatic carbocycles. The van der Waals surface area contributed by atoms with Crippen molar-refractivity contribution < 1.29 is 8.42 Å². The van der Waals surface area contributed by atoms with Gasteiger partial charge in [-0.25, -0.2) is 13.2 Å². The van der Waals surface area contributed by atoms with E-state index in [9.17, 15) is 13.2 Å². The third-order valence-electron chi connectivity index (χ3n) is 4.23. The number of fused-ring (bicyclic) bond motifs is 1. The first-order valence-corrected chi connectivity index (χ1v) is 9.43. The van der Waals surface area contributed by atoms with Gasteiger partial charge in [0.2, 0.25) is 0 Å². The largest absolute Gasteiger partial charge is 0.328 e. The van der Waals surface area contributed by atoms with Crippen LogP contribution in [0.15, 0.2) is 40.0 Å². The van der Waals surface area contributed by atoms with E-state index in [1.807, 2.05) is 6.92 Å². The van der Waals surface area contributed by atoms with Gasteiger partial charge in [0, 0.05) is 14.1 Å². The summed E-state index contributed by atoms with van der Waals surface area (Å²) in [5.41, 5.74) is 2.81. The number of aromatic nitrogens is 2. The quantitative estimate of drug-likeness (QED) is 0.760. The number of imidazole rings is 1. The summed E-state index contributed by atoms with van der Waals surface area (Å²) < 4.78 is 31.1. The number of benzene rings is 2. The summed E-state index contributed by atoms with van der Waals surface area (Å²) in [6.07, 6.45) is 0. The second-order valence-electron chi connectivity index (χ2n) is 6.10. The van der Waals surface area contributed by atoms with E-state index in [2.05, 4.69) is 4.72 Å². The first-order chi connectivity index (χ1) is 11.6. The molecule has 6 nitrogen and oxygen atoms in total. The number of sulfonamides is 1. The maximum absolute atomic E-state index is 12.8. The average molecular weight is 380 g/mol. The third-order valence-corrected chi connectivity index (χ3v) is 6.05. The number of nitrogens with one attached hydrogen (secondary N) is 1. The second kappa shape index (κ2) is 5.93. The van der Waals surface area contributed by atoms with Crippen molar-refractivity contribution in [3.05, 3.63) is 57.0 Å². The van der Waals surface area contributed by atoms with Gasteiger partial charge in [-0.2, -0.15) is 0 Å². The molecule has 25 heavy (non-hydrogen) atoms. The molecule has 0 saturated carbocycles. The fourth-order valence-electron chi connectivity index (χ4n) is 2.82. The lowest BCUT2D eigenvalue weighted by Crippen LogP contribution is -2.19. The molecule has 132 valence electrons. The summed E-state index contributed by atoms with van der Waals surface area (Å²) in [7, 11) is -0.583. The zero-order valence-electron chi connectivity index (χ0n) is 14.3. The molecule has 0 bridgehead atoms. The Bertz CT molecular complexity index is 1160. The summed E-state index contributed by atoms with van der Waals surface area (Å²) in [6, 6.07) is 8.30. The highest BCUT2D eigenvalue weighted by atomic mass is 35.5. The van der Waals surface area contributed by atoms with Crippen LogP contribution in [-0.2, 0) is 24.1 Å². The third kappa shape index (κ3) is 2.94. The highest BCUT2D eigenvalue weighted by molar-refractivity contribution is 7.92. The molecule has 1 heterocycles. The van der Waals surface area contributed by atoms with Crippen molar-refractivity contribution in [2.75, 3.05) is 4.72 Å². The number of hydrogen-bond acceptors (Lipinski definition) is 3. The molecule has 8 heteroatoms. The van der Waals surface area contributed by atoms with E-state index in [1.54, 1.807) is 45.3 Å². The summed E-state index contributed by atoms with van der Waals surface area (Å²) in [5.74, 6) is 0. The predicted octanol–water partition coefficient (Wildman–Crippen LogP) is 2.95. The molecule has 0 unspecified atom stereocenters. The van der Waals surface area contributed by atoms with E-state index in [0.29, 0.717) is 27.3 Å². The number of hydrogen-bond donors (Lipinski definition) is 1. The molecule has 0 aliphatic rings. The monoisotopic (exact) mass is 379 g/mol. The molecule has 0 spiro atoms. The SMILES string of the molecule is Cc1ccc(NS(=O)(=O)c2cc3c(cc2C)n(C)c(=O)n3C)c(Cl)c1. The Morgan fingerprint density at radius 3 is 2.20 bits per heavy atom. The van der Waals surface area contributed by atoms with Gasteiger partial charge in [-0.3, -0.25) is 13.9 Å². The Hall–Kier alpha value is -2.25. The van der Waals surface area contributed by atoms with Crippen LogP contribution in [0.4, 0.5) is 5.69 Å². The molecule has 0 atom stereocenters. The van der Waals surface area contributed by atoms with Crippen molar-refractivity contribution in [1.82, 2.24) is 9.13 Å². The van der Waals surface area contributed by atoms with Crippen LogP contribution in [0.25, 0.3) is 11.0 Å². The fourth-order valence-corrected chi connectivity index (χ4v) is 4.49. The molecule has 0 fully saturated rings. The first-order valence-electron chi connectivity index (χ1n) is 7.57. The van der Waals surface area contributed by atoms with E-state index in [-0.39, 0.29) is 10.6 Å². The van der Waals surface area contributed by atoms with Crippen LogP contribution in [0.5, 0.6) is 0 Å². The highest BCUT2D eigenvalue weighted by Crippen LogP contribution is 2.28. The lowest BCUT2D eigenvalue weighted by atomic mass is 10.2. The second-order valence-corrected chi connectivity index (χ2v) is 8.15. The average Bonchev–Trinajstić information content (AvgIpc) is 2.74. The van der Waals surface area contributed by atoms with Crippen LogP contribution in [0, 0.1) is 13.8 Å². The lowest BCUT2D eigenvalue weighted by Gasteiger charge is -2.12. The molecule has 0 radical (unpaired) electrons. The van der Waals surface area contributed by atoms with Crippen molar-refractivity contribution in [3.8, 4) is 0 Å². The summed E-state index contributed by atoms with van der Waals surface area (Å²) in [6.45, 7) is 3.57. The Kier molecular flexibility index (Phi) is 4.17. The minimum Gasteiger partial charge on any atom is -0.295 e. The zero-order valence-corrected chi connectivity index (χ0v) is 15.9. The molecule has 3 rings (SSSR count). The van der Waals surface area contributed by atoms with Gasteiger partial charge < -0.3 is 0 Å². The van der Waals surface area contributed by atoms with Gasteiger partial charge in [0.15, 0.2) is 0 Å². The van der Waals surface area contributed by atoms with Gasteiger partial charge in [-0.15, -0.1) is 0 Å². The summed E-state index contributed by atoms with van der Waals surface area (Å²) in [4.78, 5) is 12.2. The standard InChI is InChI=1S/C17H18ClN3O3S/c1-10-5-6-13(12(18)7-10)19-25(23,24)16-9-15-14(8-11(16)2)20(3)17(22)21(15)4/h5-9,19H,1-4H3. The molecule has 0 amide bonds. The van der Waals surface area contributed by atoms with Crippen molar-refractivity contribution in [3.63, 3.8) is 0 Å². The van der Waals surface area contributed by atoms with E-state index in [1.165, 1.54) is 15.2 Å². The number of rotatable bonds is 3. The lowest BCUT2D eigenvalue weighted by molar-refractivity contribution is 0.600. The van der Waals surface area contributed by atoms with Gasteiger partial charge in [-0.1, -0.05) is 17.7 Å². The van der Waals surface area contributed by atoms with Crippen LogP contribution < -0.4 is 10.4 Å². The Labute approximate surface area is 150 Å². The smallest absolute Gasteiger partial charge is 0.295 e. The van der Waals surface area contributed by atoms with Gasteiger partial charge in [0.05, 0.1) is 26.6 Å². The minimum atomic E-state index is -3.85. The highest BCUT2D eigenvalue weighted by Gasteiger charge is 2.21. The number of anilines is 1. The molecule has 0 saturated heterocycles. The topological polar surface area (TPSA) is 73.1 Å². The van der Waals surface area contributed by atoms with Crippen LogP contribution in [-0.4, -0.2) is 17.6 Å². The maximum atomic E-state index is 12.8. The van der Waals surface area contributed by atoms with Gasteiger partial charge in [-0.05, 0) is 49.2 Å². The van der Waals surface area contributed by atoms with E-state index < -0.39 is 10.0 Å². The maximum Gasteiger partial charge on any atom is 0.328 e. The number of halogens is 1. The van der Waals surface area contributed by atoms with Crippen LogP contribution in [0.2, 0.25) is 5.02 Å². The van der Waals surface area contributed by atoms with E-state index in [0.717, 1.165) is 5.56 Å². The first kappa shape index (κ1) is 17.6. The van der Waals surface area contributed by atoms with Gasteiger partial charge in [0.25, 0.3) is 10.0 Å². The zero-order chi connectivity index (χ0) is 18.5. The molecule has 1 N–H and O–H groups in total. The van der Waals surface area contributed by atoms with Gasteiger partial charge in [0.1, 0.15) is 0 Å². The Balaban J connectivity index is 2.15. The summed E-state index contributed by atoms with van der Waals surface area (Å²) in [5, 5.41) is 0.328. The molecule has 0 aliphatic heterocycles. The van der Waals surface area contributed by atoms with Crippen LogP contribution >= 0.6 is 11.6 Å². The molecule has 3 aromatic rings. The van der Waals surface area contributed by atoms with Crippen LogP contribution in [0.3, 0.4) is 0 Å². The molecular weight excluding hydrogens is 362 g/mol. The molecule has 1 aromatic heterocycles. The summed E-state index contributed by atoms with van der Waals surface area (Å²) >= 11 is 6.13. The van der Waals surface area contributed by atoms with Crippen LogP contribution in [0.1, 0.15) is 11.1 Å². The Morgan fingerprint density at radius 1 is 1.00 bits per heavy atom. The van der Waals surface area contributed by atoms with Crippen molar-refractivity contribution in [1.29, 1.82) is 0 Å². The van der Waals surface area contributed by atoms with Crippen molar-refractivity contribution in [2.24, 2.45) is 14.1 Å². The van der Waals surface area contributed by atoms with E-state index >= 15 is 0 Å². The van der Waals surface area contributed by atoms with Crippen molar-refractivity contribution in [2.45, 2.75) is 18.7 Å².